The molecule has 8 heteroatoms. The average molecular weight is 458 g/mol. The van der Waals surface area contributed by atoms with Crippen molar-refractivity contribution in [2.75, 3.05) is 6.54 Å². The number of hydrogen-bond acceptors (Lipinski definition) is 5. The molecule has 0 radical (unpaired) electrons. The number of rotatable bonds is 7. The first-order chi connectivity index (χ1) is 15.2. The van der Waals surface area contributed by atoms with E-state index in [0.29, 0.717) is 16.7 Å². The van der Waals surface area contributed by atoms with Crippen molar-refractivity contribution in [2.45, 2.75) is 63.8 Å². The van der Waals surface area contributed by atoms with Gasteiger partial charge in [0, 0.05) is 11.6 Å². The Kier molecular flexibility index (Phi) is 7.69. The number of amides is 1. The number of benzene rings is 2. The van der Waals surface area contributed by atoms with Gasteiger partial charge in [0.1, 0.15) is 5.75 Å². The molecule has 0 saturated heterocycles. The Balaban J connectivity index is 1.85. The smallest absolute Gasteiger partial charge is 0.255 e. The van der Waals surface area contributed by atoms with Gasteiger partial charge >= 0.3 is 0 Å². The number of aryl methyl sites for hydroxylation is 3. The molecule has 0 spiro atoms. The van der Waals surface area contributed by atoms with E-state index in [-0.39, 0.29) is 23.2 Å². The number of hydrogen-bond donors (Lipinski definition) is 2. The van der Waals surface area contributed by atoms with Crippen LogP contribution >= 0.6 is 0 Å². The van der Waals surface area contributed by atoms with E-state index in [4.69, 9.17) is 0 Å². The van der Waals surface area contributed by atoms with Crippen LogP contribution in [0.3, 0.4) is 0 Å². The van der Waals surface area contributed by atoms with E-state index < -0.39 is 15.9 Å². The molecule has 0 aliphatic heterocycles. The van der Waals surface area contributed by atoms with E-state index in [0.717, 1.165) is 37.7 Å². The fourth-order valence-electron chi connectivity index (χ4n) is 4.42. The summed E-state index contributed by atoms with van der Waals surface area (Å²) in [6, 6.07) is 10.1. The van der Waals surface area contributed by atoms with Gasteiger partial charge in [-0.25, -0.2) is 13.8 Å². The predicted molar refractivity (Wildman–Crippen MR) is 125 cm³/mol. The summed E-state index contributed by atoms with van der Waals surface area (Å²) in [5.74, 6) is -0.476. The van der Waals surface area contributed by atoms with Crippen molar-refractivity contribution >= 4 is 22.1 Å². The highest BCUT2D eigenvalue weighted by Crippen LogP contribution is 2.31. The Bertz CT molecular complexity index is 1080. The van der Waals surface area contributed by atoms with Gasteiger partial charge in [-0.2, -0.15) is 9.41 Å². The second kappa shape index (κ2) is 10.3. The lowest BCUT2D eigenvalue weighted by Gasteiger charge is -2.33. The number of para-hydroxylation sites is 1. The van der Waals surface area contributed by atoms with Crippen molar-refractivity contribution in [3.8, 4) is 5.75 Å². The molecule has 32 heavy (non-hydrogen) atoms. The molecule has 1 aliphatic carbocycles. The second-order valence-electron chi connectivity index (χ2n) is 8.42. The normalized spacial score (nSPS) is 15.4. The molecule has 1 fully saturated rings. The molecule has 172 valence electrons. The van der Waals surface area contributed by atoms with Crippen LogP contribution < -0.4 is 5.43 Å². The molecular weight excluding hydrogens is 426 g/mol. The zero-order chi connectivity index (χ0) is 23.3. The zero-order valence-corrected chi connectivity index (χ0v) is 19.7. The van der Waals surface area contributed by atoms with E-state index >= 15 is 0 Å². The van der Waals surface area contributed by atoms with E-state index in [1.807, 2.05) is 19.1 Å². The van der Waals surface area contributed by atoms with Crippen LogP contribution in [0.15, 0.2) is 46.4 Å². The largest absolute Gasteiger partial charge is 0.507 e. The lowest BCUT2D eigenvalue weighted by molar-refractivity contribution is -0.121. The first kappa shape index (κ1) is 23.9. The quantitative estimate of drug-likeness (QED) is 0.488. The van der Waals surface area contributed by atoms with Gasteiger partial charge in [-0.1, -0.05) is 49.1 Å². The summed E-state index contributed by atoms with van der Waals surface area (Å²) in [5, 5.41) is 13.7. The number of carbonyl (C=O) groups excluding carboxylic acids is 1. The second-order valence-corrected chi connectivity index (χ2v) is 10.2. The van der Waals surface area contributed by atoms with E-state index in [1.165, 1.54) is 16.6 Å². The van der Waals surface area contributed by atoms with E-state index in [9.17, 15) is 18.3 Å². The Morgan fingerprint density at radius 2 is 1.75 bits per heavy atom. The standard InChI is InChI=1S/C24H31N3O4S/c1-17-13-18(2)24(19(3)14-17)32(30,31)27(21-10-5-4-6-11-21)16-23(29)26-25-15-20-9-7-8-12-22(20)28/h7-9,12-15,21,28H,4-6,10-11,16H2,1-3H3,(H,26,29)/b25-15+. The third kappa shape index (κ3) is 5.55. The lowest BCUT2D eigenvalue weighted by atomic mass is 9.95. The van der Waals surface area contributed by atoms with Gasteiger partial charge in [-0.15, -0.1) is 0 Å². The Hall–Kier alpha value is -2.71. The molecule has 7 nitrogen and oxygen atoms in total. The van der Waals surface area contributed by atoms with Crippen LogP contribution in [0.5, 0.6) is 5.75 Å². The molecule has 0 bridgehead atoms. The summed E-state index contributed by atoms with van der Waals surface area (Å²) < 4.78 is 28.8. The summed E-state index contributed by atoms with van der Waals surface area (Å²) in [6.07, 6.45) is 5.76. The van der Waals surface area contributed by atoms with Crippen LogP contribution in [0.2, 0.25) is 0 Å². The topological polar surface area (TPSA) is 99.1 Å². The molecule has 0 unspecified atom stereocenters. The maximum atomic E-state index is 13.7. The zero-order valence-electron chi connectivity index (χ0n) is 18.8. The molecule has 2 N–H and O–H groups in total. The number of carbonyl (C=O) groups is 1. The molecule has 2 aromatic carbocycles. The van der Waals surface area contributed by atoms with Crippen LogP contribution in [0.1, 0.15) is 54.4 Å². The summed E-state index contributed by atoms with van der Waals surface area (Å²) in [4.78, 5) is 13.0. The molecule has 1 amide bonds. The first-order valence-corrected chi connectivity index (χ1v) is 12.3. The summed E-state index contributed by atoms with van der Waals surface area (Å²) >= 11 is 0. The molecular formula is C24H31N3O4S. The summed E-state index contributed by atoms with van der Waals surface area (Å²) in [5.41, 5.74) is 5.22. The number of aromatic hydroxyl groups is 1. The molecule has 0 heterocycles. The lowest BCUT2D eigenvalue weighted by Crippen LogP contribution is -2.46. The van der Waals surface area contributed by atoms with Crippen molar-refractivity contribution in [2.24, 2.45) is 5.10 Å². The average Bonchev–Trinajstić information content (AvgIpc) is 2.73. The number of nitrogens with one attached hydrogen (secondary N) is 1. The molecule has 1 aliphatic rings. The van der Waals surface area contributed by atoms with Gasteiger partial charge < -0.3 is 5.11 Å². The number of sulfonamides is 1. The fraction of sp³-hybridized carbons (Fsp3) is 0.417. The molecule has 0 aromatic heterocycles. The van der Waals surface area contributed by atoms with Crippen molar-refractivity contribution in [1.29, 1.82) is 0 Å². The van der Waals surface area contributed by atoms with Crippen LogP contribution in [-0.4, -0.2) is 42.5 Å². The van der Waals surface area contributed by atoms with Gasteiger partial charge in [0.05, 0.1) is 17.7 Å². The van der Waals surface area contributed by atoms with E-state index in [1.54, 1.807) is 32.0 Å². The van der Waals surface area contributed by atoms with Crippen molar-refractivity contribution in [1.82, 2.24) is 9.73 Å². The van der Waals surface area contributed by atoms with Gasteiger partial charge in [0.15, 0.2) is 0 Å². The SMILES string of the molecule is Cc1cc(C)c(S(=O)(=O)N(CC(=O)N/N=C/c2ccccc2O)C2CCCCC2)c(C)c1. The van der Waals surface area contributed by atoms with Gasteiger partial charge in [0.25, 0.3) is 5.91 Å². The Morgan fingerprint density at radius 3 is 2.38 bits per heavy atom. The fourth-order valence-corrected chi connectivity index (χ4v) is 6.47. The molecule has 0 atom stereocenters. The van der Waals surface area contributed by atoms with Crippen molar-refractivity contribution in [3.05, 3.63) is 58.7 Å². The highest BCUT2D eigenvalue weighted by Gasteiger charge is 2.35. The minimum absolute atomic E-state index is 0.0437. The predicted octanol–water partition coefficient (Wildman–Crippen LogP) is 3.79. The van der Waals surface area contributed by atoms with Crippen molar-refractivity contribution < 1.29 is 18.3 Å². The van der Waals surface area contributed by atoms with Crippen LogP contribution in [0.4, 0.5) is 0 Å². The first-order valence-electron chi connectivity index (χ1n) is 10.9. The number of phenolic OH excluding ortho intramolecular Hbond substituents is 1. The monoisotopic (exact) mass is 457 g/mol. The van der Waals surface area contributed by atoms with Gasteiger partial charge in [0.2, 0.25) is 10.0 Å². The molecule has 2 aromatic rings. The van der Waals surface area contributed by atoms with Gasteiger partial charge in [-0.05, 0) is 56.9 Å². The Morgan fingerprint density at radius 1 is 1.12 bits per heavy atom. The maximum Gasteiger partial charge on any atom is 0.255 e. The number of phenols is 1. The molecule has 3 rings (SSSR count). The van der Waals surface area contributed by atoms with Crippen LogP contribution in [-0.2, 0) is 14.8 Å². The summed E-state index contributed by atoms with van der Waals surface area (Å²) in [7, 11) is -3.88. The van der Waals surface area contributed by atoms with Crippen molar-refractivity contribution in [3.63, 3.8) is 0 Å². The van der Waals surface area contributed by atoms with Gasteiger partial charge in [-0.3, -0.25) is 4.79 Å². The number of nitrogens with zero attached hydrogens (tertiary/aromatic N) is 2. The molecule has 1 saturated carbocycles. The minimum Gasteiger partial charge on any atom is -0.507 e. The van der Waals surface area contributed by atoms with Crippen LogP contribution in [0, 0.1) is 20.8 Å². The summed E-state index contributed by atoms with van der Waals surface area (Å²) in [6.45, 7) is 5.22. The maximum absolute atomic E-state index is 13.7. The minimum atomic E-state index is -3.88. The van der Waals surface area contributed by atoms with E-state index in [2.05, 4.69) is 10.5 Å². The third-order valence-electron chi connectivity index (χ3n) is 5.78. The Labute approximate surface area is 190 Å². The highest BCUT2D eigenvalue weighted by atomic mass is 32.2. The third-order valence-corrected chi connectivity index (χ3v) is 7.99. The van der Waals surface area contributed by atoms with Crippen LogP contribution in [0.25, 0.3) is 0 Å². The number of hydrazone groups is 1. The highest BCUT2D eigenvalue weighted by molar-refractivity contribution is 7.89.